The van der Waals surface area contributed by atoms with Gasteiger partial charge in [-0.05, 0) is 6.42 Å². The zero-order valence-corrected chi connectivity index (χ0v) is 10.1. The van der Waals surface area contributed by atoms with Crippen molar-refractivity contribution >= 4 is 11.8 Å². The second kappa shape index (κ2) is 5.18. The number of nitrogens with two attached hydrogens (primary N) is 2. The van der Waals surface area contributed by atoms with Gasteiger partial charge < -0.3 is 20.9 Å². The van der Waals surface area contributed by atoms with Crippen LogP contribution < -0.4 is 11.5 Å². The lowest BCUT2D eigenvalue weighted by Crippen LogP contribution is -2.31. The van der Waals surface area contributed by atoms with Crippen molar-refractivity contribution in [2.75, 3.05) is 19.6 Å². The van der Waals surface area contributed by atoms with Crippen LogP contribution in [0.5, 0.6) is 0 Å². The number of hydrogen-bond donors (Lipinski definition) is 2. The molecule has 18 heavy (non-hydrogen) atoms. The third-order valence-electron chi connectivity index (χ3n) is 3.12. The van der Waals surface area contributed by atoms with E-state index < -0.39 is 0 Å². The fourth-order valence-electron chi connectivity index (χ4n) is 2.08. The molecular formula is C11H17N5O2. The Morgan fingerprint density at radius 2 is 2.28 bits per heavy atom. The Balaban J connectivity index is 2.01. The number of amides is 2. The largest absolute Gasteiger partial charge is 0.369 e. The average Bonchev–Trinajstić information content (AvgIpc) is 2.97. The van der Waals surface area contributed by atoms with Crippen LogP contribution in [0.3, 0.4) is 0 Å². The zero-order chi connectivity index (χ0) is 13.1. The third-order valence-corrected chi connectivity index (χ3v) is 3.12. The van der Waals surface area contributed by atoms with Gasteiger partial charge in [0, 0.05) is 32.4 Å². The normalized spacial score (nSPS) is 19.2. The topological polar surface area (TPSA) is 107 Å². The molecule has 1 aliphatic rings. The smallest absolute Gasteiger partial charge is 0.274 e. The van der Waals surface area contributed by atoms with E-state index in [0.29, 0.717) is 38.3 Å². The third kappa shape index (κ3) is 2.51. The molecule has 1 aromatic heterocycles. The highest BCUT2D eigenvalue weighted by Gasteiger charge is 2.30. The van der Waals surface area contributed by atoms with E-state index in [1.807, 2.05) is 0 Å². The van der Waals surface area contributed by atoms with Gasteiger partial charge >= 0.3 is 0 Å². The molecule has 4 N–H and O–H groups in total. The lowest BCUT2D eigenvalue weighted by atomic mass is 10.1. The van der Waals surface area contributed by atoms with Crippen molar-refractivity contribution in [3.63, 3.8) is 0 Å². The zero-order valence-electron chi connectivity index (χ0n) is 10.1. The maximum absolute atomic E-state index is 12.1. The van der Waals surface area contributed by atoms with Crippen LogP contribution in [0, 0.1) is 5.92 Å². The number of primary amides is 1. The summed E-state index contributed by atoms with van der Waals surface area (Å²) in [6.45, 7) is 2.07. The lowest BCUT2D eigenvalue weighted by molar-refractivity contribution is -0.121. The molecule has 2 rings (SSSR count). The molecule has 1 saturated heterocycles. The molecule has 98 valence electrons. The SMILES string of the molecule is NCCn1cnc(C(=O)N2CCC(C(N)=O)C2)c1. The summed E-state index contributed by atoms with van der Waals surface area (Å²) in [7, 11) is 0. The van der Waals surface area contributed by atoms with Gasteiger partial charge in [-0.2, -0.15) is 0 Å². The molecule has 1 aromatic rings. The Morgan fingerprint density at radius 1 is 1.50 bits per heavy atom. The first-order valence-electron chi connectivity index (χ1n) is 5.92. The second-order valence-electron chi connectivity index (χ2n) is 4.42. The Kier molecular flexibility index (Phi) is 3.61. The van der Waals surface area contributed by atoms with Crippen LogP contribution in [0.2, 0.25) is 0 Å². The number of nitrogens with zero attached hydrogens (tertiary/aromatic N) is 3. The van der Waals surface area contributed by atoms with Crippen LogP contribution in [0.15, 0.2) is 12.5 Å². The van der Waals surface area contributed by atoms with E-state index in [0.717, 1.165) is 0 Å². The van der Waals surface area contributed by atoms with Crippen LogP contribution in [-0.2, 0) is 11.3 Å². The molecule has 0 bridgehead atoms. The molecule has 0 aliphatic carbocycles. The standard InChI is InChI=1S/C11H17N5O2/c12-2-4-15-6-9(14-7-15)11(18)16-3-1-8(5-16)10(13)17/h6-8H,1-5,12H2,(H2,13,17). The fourth-order valence-corrected chi connectivity index (χ4v) is 2.08. The number of rotatable bonds is 4. The van der Waals surface area contributed by atoms with Crippen molar-refractivity contribution in [1.29, 1.82) is 0 Å². The summed E-state index contributed by atoms with van der Waals surface area (Å²) in [5.74, 6) is -0.742. The summed E-state index contributed by atoms with van der Waals surface area (Å²) in [6, 6.07) is 0. The molecule has 1 unspecified atom stereocenters. The number of aromatic nitrogens is 2. The van der Waals surface area contributed by atoms with Gasteiger partial charge in [-0.3, -0.25) is 9.59 Å². The van der Waals surface area contributed by atoms with Gasteiger partial charge in [0.1, 0.15) is 5.69 Å². The monoisotopic (exact) mass is 251 g/mol. The van der Waals surface area contributed by atoms with Crippen molar-refractivity contribution < 1.29 is 9.59 Å². The summed E-state index contributed by atoms with van der Waals surface area (Å²) in [4.78, 5) is 28.8. The summed E-state index contributed by atoms with van der Waals surface area (Å²) >= 11 is 0. The van der Waals surface area contributed by atoms with Gasteiger partial charge in [0.2, 0.25) is 5.91 Å². The van der Waals surface area contributed by atoms with Crippen LogP contribution in [0.25, 0.3) is 0 Å². The van der Waals surface area contributed by atoms with E-state index in [-0.39, 0.29) is 17.7 Å². The van der Waals surface area contributed by atoms with Crippen LogP contribution in [-0.4, -0.2) is 45.9 Å². The highest BCUT2D eigenvalue weighted by Crippen LogP contribution is 2.17. The summed E-state index contributed by atoms with van der Waals surface area (Å²) in [6.07, 6.45) is 3.89. The van der Waals surface area contributed by atoms with Crippen molar-refractivity contribution in [1.82, 2.24) is 14.5 Å². The van der Waals surface area contributed by atoms with Gasteiger partial charge in [-0.15, -0.1) is 0 Å². The first kappa shape index (κ1) is 12.6. The van der Waals surface area contributed by atoms with Gasteiger partial charge in [-0.1, -0.05) is 0 Å². The molecule has 2 amide bonds. The molecule has 0 spiro atoms. The van der Waals surface area contributed by atoms with Gasteiger partial charge in [0.05, 0.1) is 12.2 Å². The molecule has 1 aliphatic heterocycles. The Labute approximate surface area is 105 Å². The van der Waals surface area contributed by atoms with Crippen molar-refractivity contribution in [3.05, 3.63) is 18.2 Å². The lowest BCUT2D eigenvalue weighted by Gasteiger charge is -2.13. The number of carbonyl (C=O) groups excluding carboxylic acids is 2. The first-order chi connectivity index (χ1) is 8.61. The molecule has 2 heterocycles. The number of likely N-dealkylation sites (tertiary alicyclic amines) is 1. The van der Waals surface area contributed by atoms with E-state index in [2.05, 4.69) is 4.98 Å². The predicted octanol–water partition coefficient (Wildman–Crippen LogP) is -1.21. The molecular weight excluding hydrogens is 234 g/mol. The van der Waals surface area contributed by atoms with Crippen LogP contribution >= 0.6 is 0 Å². The molecule has 0 aromatic carbocycles. The number of hydrogen-bond acceptors (Lipinski definition) is 4. The minimum Gasteiger partial charge on any atom is -0.369 e. The maximum atomic E-state index is 12.1. The van der Waals surface area contributed by atoms with Crippen molar-refractivity contribution in [3.8, 4) is 0 Å². The fraction of sp³-hybridized carbons (Fsp3) is 0.545. The summed E-state index contributed by atoms with van der Waals surface area (Å²) in [5, 5.41) is 0. The average molecular weight is 251 g/mol. The molecule has 7 nitrogen and oxygen atoms in total. The van der Waals surface area contributed by atoms with Crippen molar-refractivity contribution in [2.24, 2.45) is 17.4 Å². The van der Waals surface area contributed by atoms with E-state index in [4.69, 9.17) is 11.5 Å². The summed E-state index contributed by atoms with van der Waals surface area (Å²) in [5.41, 5.74) is 11.0. The van der Waals surface area contributed by atoms with E-state index in [1.54, 1.807) is 22.0 Å². The molecule has 0 radical (unpaired) electrons. The van der Waals surface area contributed by atoms with Crippen molar-refractivity contribution in [2.45, 2.75) is 13.0 Å². The molecule has 1 atom stereocenters. The Hall–Kier alpha value is -1.89. The minimum atomic E-state index is -0.348. The van der Waals surface area contributed by atoms with E-state index >= 15 is 0 Å². The van der Waals surface area contributed by atoms with Crippen LogP contribution in [0.1, 0.15) is 16.9 Å². The highest BCUT2D eigenvalue weighted by molar-refractivity contribution is 5.93. The number of carbonyl (C=O) groups is 2. The Morgan fingerprint density at radius 3 is 2.89 bits per heavy atom. The van der Waals surface area contributed by atoms with Crippen LogP contribution in [0.4, 0.5) is 0 Å². The van der Waals surface area contributed by atoms with Gasteiger partial charge in [0.25, 0.3) is 5.91 Å². The summed E-state index contributed by atoms with van der Waals surface area (Å²) < 4.78 is 1.77. The minimum absolute atomic E-state index is 0.158. The quantitative estimate of drug-likeness (QED) is 0.700. The Bertz CT molecular complexity index is 456. The van der Waals surface area contributed by atoms with Gasteiger partial charge in [0.15, 0.2) is 0 Å². The molecule has 7 heteroatoms. The predicted molar refractivity (Wildman–Crippen MR) is 64.5 cm³/mol. The van der Waals surface area contributed by atoms with E-state index in [1.165, 1.54) is 0 Å². The first-order valence-corrected chi connectivity index (χ1v) is 5.92. The second-order valence-corrected chi connectivity index (χ2v) is 4.42. The van der Waals surface area contributed by atoms with E-state index in [9.17, 15) is 9.59 Å². The number of imidazole rings is 1. The molecule has 0 saturated carbocycles. The maximum Gasteiger partial charge on any atom is 0.274 e. The van der Waals surface area contributed by atoms with Gasteiger partial charge in [-0.25, -0.2) is 4.98 Å². The highest BCUT2D eigenvalue weighted by atomic mass is 16.2. The molecule has 1 fully saturated rings.